The quantitative estimate of drug-likeness (QED) is 0.367. The molecule has 1 aromatic rings. The first-order valence-electron chi connectivity index (χ1n) is 5.04. The van der Waals surface area contributed by atoms with E-state index in [0.717, 1.165) is 0 Å². The van der Waals surface area contributed by atoms with Gasteiger partial charge < -0.3 is 10.1 Å². The molecule has 0 aliphatic rings. The molecule has 17 heavy (non-hydrogen) atoms. The van der Waals surface area contributed by atoms with E-state index < -0.39 is 15.8 Å². The Hall–Kier alpha value is -1.50. The number of nitrogens with one attached hydrogen (secondary N) is 1. The monoisotopic (exact) mass is 260 g/mol. The van der Waals surface area contributed by atoms with Gasteiger partial charge in [0.15, 0.2) is 0 Å². The summed E-state index contributed by atoms with van der Waals surface area (Å²) < 4.78 is 0. The third-order valence-corrected chi connectivity index (χ3v) is 2.65. The Balaban J connectivity index is 2.60. The lowest BCUT2D eigenvalue weighted by Crippen LogP contribution is -2.28. The van der Waals surface area contributed by atoms with Crippen molar-refractivity contribution in [2.24, 2.45) is 5.18 Å². The lowest BCUT2D eigenvalue weighted by molar-refractivity contribution is -0.393. The van der Waals surface area contributed by atoms with Gasteiger partial charge in [0.2, 0.25) is 0 Å². The fraction of sp³-hybridized carbons (Fsp3) is 0.667. The number of nitro groups is 1. The third-order valence-electron chi connectivity index (χ3n) is 2.39. The van der Waals surface area contributed by atoms with E-state index in [0.29, 0.717) is 18.5 Å². The van der Waals surface area contributed by atoms with Gasteiger partial charge in [0, 0.05) is 6.42 Å². The highest BCUT2D eigenvalue weighted by molar-refractivity contribution is 6.23. The van der Waals surface area contributed by atoms with Crippen LogP contribution in [0.25, 0.3) is 0 Å². The number of nitrogens with zero attached hydrogens (tertiary/aromatic N) is 3. The molecular weight excluding hydrogens is 248 g/mol. The normalized spacial score (nSPS) is 13.4. The number of hydrogen-bond acceptors (Lipinski definition) is 5. The molecule has 1 heterocycles. The van der Waals surface area contributed by atoms with E-state index in [1.807, 2.05) is 0 Å². The first-order valence-corrected chi connectivity index (χ1v) is 5.42. The number of rotatable bonds is 6. The van der Waals surface area contributed by atoms with Crippen molar-refractivity contribution in [1.29, 1.82) is 0 Å². The van der Waals surface area contributed by atoms with Crippen LogP contribution in [0.4, 0.5) is 5.95 Å². The molecule has 1 atom stereocenters. The fourth-order valence-corrected chi connectivity index (χ4v) is 1.53. The van der Waals surface area contributed by atoms with Crippen molar-refractivity contribution >= 4 is 17.5 Å². The Kier molecular flexibility index (Phi) is 4.17. The summed E-state index contributed by atoms with van der Waals surface area (Å²) in [7, 11) is 0. The van der Waals surface area contributed by atoms with Crippen LogP contribution < -0.4 is 0 Å². The molecule has 1 unspecified atom stereocenters. The molecule has 0 aliphatic heterocycles. The van der Waals surface area contributed by atoms with Gasteiger partial charge in [0.05, 0.1) is 4.87 Å². The Morgan fingerprint density at radius 2 is 2.35 bits per heavy atom. The Labute approximate surface area is 103 Å². The maximum absolute atomic E-state index is 10.6. The predicted octanol–water partition coefficient (Wildman–Crippen LogP) is 2.40. The number of alkyl halides is 1. The highest BCUT2D eigenvalue weighted by Gasteiger charge is 2.28. The molecule has 0 spiro atoms. The first kappa shape index (κ1) is 13.6. The molecule has 7 nitrogen and oxygen atoms in total. The minimum atomic E-state index is -0.728. The summed E-state index contributed by atoms with van der Waals surface area (Å²) in [6.07, 6.45) is 2.23. The molecule has 1 rings (SSSR count). The fourth-order valence-electron chi connectivity index (χ4n) is 1.38. The molecule has 0 aromatic carbocycles. The Bertz CT molecular complexity index is 413. The predicted molar refractivity (Wildman–Crippen MR) is 63.1 cm³/mol. The van der Waals surface area contributed by atoms with Gasteiger partial charge in [-0.05, 0) is 25.2 Å². The average molecular weight is 261 g/mol. The van der Waals surface area contributed by atoms with E-state index >= 15 is 0 Å². The molecule has 94 valence electrons. The Morgan fingerprint density at radius 3 is 2.76 bits per heavy atom. The highest BCUT2D eigenvalue weighted by atomic mass is 35.5. The van der Waals surface area contributed by atoms with E-state index in [1.165, 1.54) is 6.20 Å². The number of aromatic nitrogens is 2. The van der Waals surface area contributed by atoms with Crippen molar-refractivity contribution in [2.45, 2.75) is 37.6 Å². The van der Waals surface area contributed by atoms with Crippen molar-refractivity contribution in [3.8, 4) is 0 Å². The summed E-state index contributed by atoms with van der Waals surface area (Å²) in [4.78, 5) is 25.8. The van der Waals surface area contributed by atoms with Gasteiger partial charge in [-0.15, -0.1) is 11.6 Å². The number of halogens is 1. The first-order chi connectivity index (χ1) is 7.84. The summed E-state index contributed by atoms with van der Waals surface area (Å²) in [5, 5.41) is 13.4. The molecule has 8 heteroatoms. The third kappa shape index (κ3) is 3.77. The highest BCUT2D eigenvalue weighted by Crippen LogP contribution is 2.24. The van der Waals surface area contributed by atoms with Crippen LogP contribution in [0.1, 0.15) is 26.0 Å². The van der Waals surface area contributed by atoms with Gasteiger partial charge in [-0.25, -0.2) is 4.98 Å². The summed E-state index contributed by atoms with van der Waals surface area (Å²) in [6.45, 7) is 3.41. The number of H-pyrrole nitrogens is 1. The molecule has 1 N–H and O–H groups in total. The average Bonchev–Trinajstić information content (AvgIpc) is 2.65. The summed E-state index contributed by atoms with van der Waals surface area (Å²) >= 11 is 5.99. The van der Waals surface area contributed by atoms with E-state index in [-0.39, 0.29) is 5.95 Å². The van der Waals surface area contributed by atoms with Crippen LogP contribution in [0.3, 0.4) is 0 Å². The van der Waals surface area contributed by atoms with Gasteiger partial charge in [-0.3, -0.25) is 0 Å². The second-order valence-corrected chi connectivity index (χ2v) is 5.19. The maximum atomic E-state index is 10.6. The maximum Gasteiger partial charge on any atom is 0.432 e. The molecule has 0 fully saturated rings. The number of imidazole rings is 1. The number of hydrogen-bond donors (Lipinski definition) is 1. The summed E-state index contributed by atoms with van der Waals surface area (Å²) in [6, 6.07) is -0.550. The molecule has 0 amide bonds. The van der Waals surface area contributed by atoms with Gasteiger partial charge >= 0.3 is 5.95 Å². The molecular formula is C9H13ClN4O3. The summed E-state index contributed by atoms with van der Waals surface area (Å²) in [5.74, 6) is -0.305. The second-order valence-electron chi connectivity index (χ2n) is 4.21. The zero-order valence-corrected chi connectivity index (χ0v) is 10.3. The lowest BCUT2D eigenvalue weighted by Gasteiger charge is -2.21. The molecule has 0 saturated carbocycles. The van der Waals surface area contributed by atoms with Crippen LogP contribution in [0.5, 0.6) is 0 Å². The van der Waals surface area contributed by atoms with Gasteiger partial charge in [0.1, 0.15) is 17.9 Å². The van der Waals surface area contributed by atoms with E-state index in [2.05, 4.69) is 15.1 Å². The van der Waals surface area contributed by atoms with Crippen LogP contribution >= 0.6 is 11.6 Å². The van der Waals surface area contributed by atoms with Gasteiger partial charge in [0.25, 0.3) is 0 Å². The largest absolute Gasteiger partial charge is 0.432 e. The van der Waals surface area contributed by atoms with Crippen molar-refractivity contribution in [3.05, 3.63) is 26.9 Å². The number of aryl methyl sites for hydroxylation is 1. The Morgan fingerprint density at radius 1 is 1.71 bits per heavy atom. The second kappa shape index (κ2) is 5.22. The van der Waals surface area contributed by atoms with Gasteiger partial charge in [-0.2, -0.15) is 4.91 Å². The smallest absolute Gasteiger partial charge is 0.390 e. The van der Waals surface area contributed by atoms with Crippen molar-refractivity contribution < 1.29 is 4.92 Å². The zero-order valence-electron chi connectivity index (χ0n) is 9.51. The van der Waals surface area contributed by atoms with E-state index in [9.17, 15) is 15.0 Å². The molecule has 0 saturated heterocycles. The van der Waals surface area contributed by atoms with Crippen LogP contribution in [-0.2, 0) is 6.42 Å². The number of aromatic amines is 1. The van der Waals surface area contributed by atoms with E-state index in [4.69, 9.17) is 11.6 Å². The van der Waals surface area contributed by atoms with E-state index in [1.54, 1.807) is 13.8 Å². The van der Waals surface area contributed by atoms with Crippen molar-refractivity contribution in [1.82, 2.24) is 9.97 Å². The standard InChI is InChI=1S/C9H13ClN4O3/c1-9(2,10)7(13-15)4-3-6-5-11-8(12-6)14(16)17/h5,7H,3-4H2,1-2H3,(H,11,12). The summed E-state index contributed by atoms with van der Waals surface area (Å²) in [5.41, 5.74) is 0.589. The zero-order chi connectivity index (χ0) is 13.1. The van der Waals surface area contributed by atoms with Gasteiger partial charge in [-0.1, -0.05) is 10.2 Å². The van der Waals surface area contributed by atoms with Crippen LogP contribution in [0.15, 0.2) is 11.4 Å². The molecule has 0 bridgehead atoms. The molecule has 0 aliphatic carbocycles. The SMILES string of the molecule is CC(C)(Cl)C(CCc1cnc([N+](=O)[O-])[nH]1)N=O. The molecule has 1 aromatic heterocycles. The topological polar surface area (TPSA) is 101 Å². The molecule has 0 radical (unpaired) electrons. The van der Waals surface area contributed by atoms with Crippen LogP contribution in [0.2, 0.25) is 0 Å². The van der Waals surface area contributed by atoms with Crippen LogP contribution in [0, 0.1) is 15.0 Å². The minimum absolute atomic E-state index is 0.305. The van der Waals surface area contributed by atoms with Crippen molar-refractivity contribution in [3.63, 3.8) is 0 Å². The van der Waals surface area contributed by atoms with Crippen molar-refractivity contribution in [2.75, 3.05) is 0 Å². The van der Waals surface area contributed by atoms with Crippen LogP contribution in [-0.4, -0.2) is 25.8 Å². The minimum Gasteiger partial charge on any atom is -0.390 e. The lowest BCUT2D eigenvalue weighted by atomic mass is 9.99. The number of nitroso groups, excluding NO2 is 1.